The first-order valence-corrected chi connectivity index (χ1v) is 10.7. The predicted molar refractivity (Wildman–Crippen MR) is 123 cm³/mol. The van der Waals surface area contributed by atoms with Crippen molar-refractivity contribution in [1.82, 2.24) is 0 Å². The van der Waals surface area contributed by atoms with Crippen LogP contribution >= 0.6 is 0 Å². The van der Waals surface area contributed by atoms with Crippen LogP contribution in [0.25, 0.3) is 6.08 Å². The molecule has 0 atom stereocenters. The number of ketones is 1. The van der Waals surface area contributed by atoms with Crippen LogP contribution < -0.4 is 14.8 Å². The lowest BCUT2D eigenvalue weighted by atomic mass is 10.1. The second-order valence-electron chi connectivity index (χ2n) is 7.22. The normalized spacial score (nSPS) is 10.8. The summed E-state index contributed by atoms with van der Waals surface area (Å²) in [5.74, 6) is 0.563. The average Bonchev–Trinajstić information content (AvgIpc) is 2.74. The highest BCUT2D eigenvalue weighted by Crippen LogP contribution is 2.30. The van der Waals surface area contributed by atoms with E-state index in [-0.39, 0.29) is 23.0 Å². The van der Waals surface area contributed by atoms with Crippen LogP contribution in [0.1, 0.15) is 62.4 Å². The molecular formula is C25H31NO5. The van der Waals surface area contributed by atoms with E-state index in [0.717, 1.165) is 31.2 Å². The maximum atomic E-state index is 12.6. The minimum Gasteiger partial charge on any atom is -0.507 e. The van der Waals surface area contributed by atoms with Gasteiger partial charge in [-0.3, -0.25) is 9.59 Å². The number of anilines is 1. The molecule has 31 heavy (non-hydrogen) atoms. The first-order valence-electron chi connectivity index (χ1n) is 10.7. The van der Waals surface area contributed by atoms with E-state index in [0.29, 0.717) is 30.4 Å². The predicted octanol–water partition coefficient (Wildman–Crippen LogP) is 5.60. The van der Waals surface area contributed by atoms with Crippen molar-refractivity contribution >= 4 is 23.5 Å². The third kappa shape index (κ3) is 7.81. The van der Waals surface area contributed by atoms with Crippen LogP contribution in [-0.4, -0.2) is 30.0 Å². The number of aromatic hydroxyl groups is 1. The SMILES string of the molecule is CCCCOc1ccc(/C=C/C(=O)c2cc(NC(C)=O)ccc2O)cc1OCCCC. The van der Waals surface area contributed by atoms with Crippen molar-refractivity contribution in [3.63, 3.8) is 0 Å². The van der Waals surface area contributed by atoms with Gasteiger partial charge in [0.2, 0.25) is 5.91 Å². The van der Waals surface area contributed by atoms with Gasteiger partial charge in [-0.2, -0.15) is 0 Å². The van der Waals surface area contributed by atoms with Gasteiger partial charge in [0.1, 0.15) is 5.75 Å². The molecule has 0 bridgehead atoms. The number of amides is 1. The molecular weight excluding hydrogens is 394 g/mol. The topological polar surface area (TPSA) is 84.9 Å². The monoisotopic (exact) mass is 425 g/mol. The number of ether oxygens (including phenoxy) is 2. The fourth-order valence-corrected chi connectivity index (χ4v) is 2.79. The molecule has 0 aliphatic carbocycles. The Labute approximate surface area is 183 Å². The second-order valence-corrected chi connectivity index (χ2v) is 7.22. The number of allylic oxidation sites excluding steroid dienone is 1. The molecule has 6 nitrogen and oxygen atoms in total. The number of unbranched alkanes of at least 4 members (excludes halogenated alkanes) is 2. The van der Waals surface area contributed by atoms with E-state index in [4.69, 9.17) is 9.47 Å². The molecule has 0 unspecified atom stereocenters. The third-order valence-corrected chi connectivity index (χ3v) is 4.49. The van der Waals surface area contributed by atoms with Crippen LogP contribution in [0.2, 0.25) is 0 Å². The Kier molecular flexibility index (Phi) is 9.62. The van der Waals surface area contributed by atoms with Crippen LogP contribution in [0.4, 0.5) is 5.69 Å². The molecule has 0 fully saturated rings. The first-order chi connectivity index (χ1) is 14.9. The van der Waals surface area contributed by atoms with Gasteiger partial charge in [0.05, 0.1) is 18.8 Å². The van der Waals surface area contributed by atoms with E-state index in [1.165, 1.54) is 31.2 Å². The molecule has 2 N–H and O–H groups in total. The van der Waals surface area contributed by atoms with Gasteiger partial charge in [-0.15, -0.1) is 0 Å². The molecule has 0 heterocycles. The molecule has 2 rings (SSSR count). The van der Waals surface area contributed by atoms with Crippen LogP contribution in [-0.2, 0) is 4.79 Å². The number of carbonyl (C=O) groups excluding carboxylic acids is 2. The second kappa shape index (κ2) is 12.4. The van der Waals surface area contributed by atoms with Crippen molar-refractivity contribution in [2.75, 3.05) is 18.5 Å². The van der Waals surface area contributed by atoms with Gasteiger partial charge in [0.15, 0.2) is 17.3 Å². The van der Waals surface area contributed by atoms with Crippen LogP contribution in [0.5, 0.6) is 17.2 Å². The molecule has 0 saturated heterocycles. The Morgan fingerprint density at radius 3 is 2.29 bits per heavy atom. The minimum atomic E-state index is -0.374. The van der Waals surface area contributed by atoms with E-state index in [1.54, 1.807) is 6.08 Å². The highest BCUT2D eigenvalue weighted by atomic mass is 16.5. The molecule has 2 aromatic rings. The highest BCUT2D eigenvalue weighted by Gasteiger charge is 2.11. The fourth-order valence-electron chi connectivity index (χ4n) is 2.79. The smallest absolute Gasteiger partial charge is 0.221 e. The van der Waals surface area contributed by atoms with Crippen molar-refractivity contribution in [3.8, 4) is 17.2 Å². The number of phenols is 1. The first kappa shape index (κ1) is 24.0. The summed E-state index contributed by atoms with van der Waals surface area (Å²) in [5.41, 5.74) is 1.34. The number of rotatable bonds is 12. The van der Waals surface area contributed by atoms with Crippen molar-refractivity contribution in [3.05, 3.63) is 53.6 Å². The van der Waals surface area contributed by atoms with Crippen LogP contribution in [0.15, 0.2) is 42.5 Å². The number of phenolic OH excluding ortho intramolecular Hbond substituents is 1. The molecule has 166 valence electrons. The molecule has 0 aliphatic heterocycles. The van der Waals surface area contributed by atoms with Crippen molar-refractivity contribution in [2.45, 2.75) is 46.5 Å². The summed E-state index contributed by atoms with van der Waals surface area (Å²) in [6.07, 6.45) is 7.03. The zero-order chi connectivity index (χ0) is 22.6. The summed E-state index contributed by atoms with van der Waals surface area (Å²) in [6, 6.07) is 9.91. The summed E-state index contributed by atoms with van der Waals surface area (Å²) in [7, 11) is 0. The molecule has 1 amide bonds. The van der Waals surface area contributed by atoms with Gasteiger partial charge < -0.3 is 19.9 Å². The van der Waals surface area contributed by atoms with Crippen molar-refractivity contribution in [1.29, 1.82) is 0 Å². The standard InChI is InChI=1S/C25H31NO5/c1-4-6-14-30-24-13-9-19(16-25(24)31-15-7-5-2)8-11-22(28)21-17-20(26-18(3)27)10-12-23(21)29/h8-13,16-17,29H,4-7,14-15H2,1-3H3,(H,26,27)/b11-8+. The average molecular weight is 426 g/mol. The minimum absolute atomic E-state index is 0.112. The summed E-state index contributed by atoms with van der Waals surface area (Å²) in [5, 5.41) is 12.6. The van der Waals surface area contributed by atoms with Gasteiger partial charge in [-0.05, 0) is 54.8 Å². The summed E-state index contributed by atoms with van der Waals surface area (Å²) < 4.78 is 11.7. The molecule has 0 aromatic heterocycles. The lowest BCUT2D eigenvalue weighted by molar-refractivity contribution is -0.114. The molecule has 0 aliphatic rings. The highest BCUT2D eigenvalue weighted by molar-refractivity contribution is 6.09. The Morgan fingerprint density at radius 1 is 0.968 bits per heavy atom. The Balaban J connectivity index is 2.19. The number of nitrogens with one attached hydrogen (secondary N) is 1. The summed E-state index contributed by atoms with van der Waals surface area (Å²) in [4.78, 5) is 23.8. The van der Waals surface area contributed by atoms with Gasteiger partial charge in [-0.25, -0.2) is 0 Å². The summed E-state index contributed by atoms with van der Waals surface area (Å²) in [6.45, 7) is 6.80. The van der Waals surface area contributed by atoms with E-state index in [9.17, 15) is 14.7 Å². The van der Waals surface area contributed by atoms with E-state index in [2.05, 4.69) is 19.2 Å². The van der Waals surface area contributed by atoms with Crippen LogP contribution in [0, 0.1) is 0 Å². The quantitative estimate of drug-likeness (QED) is 0.200. The zero-order valence-corrected chi connectivity index (χ0v) is 18.4. The maximum absolute atomic E-state index is 12.6. The van der Waals surface area contributed by atoms with E-state index >= 15 is 0 Å². The molecule has 0 saturated carbocycles. The Morgan fingerprint density at radius 2 is 1.65 bits per heavy atom. The molecule has 2 aromatic carbocycles. The number of benzene rings is 2. The van der Waals surface area contributed by atoms with Crippen molar-refractivity contribution in [2.24, 2.45) is 0 Å². The molecule has 0 spiro atoms. The van der Waals surface area contributed by atoms with Crippen molar-refractivity contribution < 1.29 is 24.2 Å². The Bertz CT molecular complexity index is 920. The lowest BCUT2D eigenvalue weighted by Gasteiger charge is -2.13. The largest absolute Gasteiger partial charge is 0.507 e. The number of hydrogen-bond acceptors (Lipinski definition) is 5. The number of carbonyl (C=O) groups is 2. The number of hydrogen-bond donors (Lipinski definition) is 2. The summed E-state index contributed by atoms with van der Waals surface area (Å²) >= 11 is 0. The molecule has 0 radical (unpaired) electrons. The van der Waals surface area contributed by atoms with E-state index < -0.39 is 0 Å². The van der Waals surface area contributed by atoms with E-state index in [1.807, 2.05) is 18.2 Å². The van der Waals surface area contributed by atoms with Gasteiger partial charge in [-0.1, -0.05) is 38.8 Å². The molecule has 6 heteroatoms. The third-order valence-electron chi connectivity index (χ3n) is 4.49. The fraction of sp³-hybridized carbons (Fsp3) is 0.360. The lowest BCUT2D eigenvalue weighted by Crippen LogP contribution is -2.06. The van der Waals surface area contributed by atoms with Gasteiger partial charge in [0.25, 0.3) is 0 Å². The van der Waals surface area contributed by atoms with Gasteiger partial charge in [0, 0.05) is 12.6 Å². The van der Waals surface area contributed by atoms with Crippen LogP contribution in [0.3, 0.4) is 0 Å². The Hall–Kier alpha value is -3.28. The van der Waals surface area contributed by atoms with Gasteiger partial charge >= 0.3 is 0 Å². The zero-order valence-electron chi connectivity index (χ0n) is 18.4. The maximum Gasteiger partial charge on any atom is 0.221 e.